The summed E-state index contributed by atoms with van der Waals surface area (Å²) in [5.74, 6) is -4.66. The van der Waals surface area contributed by atoms with Crippen molar-refractivity contribution >= 4 is 23.6 Å². The third-order valence-electron chi connectivity index (χ3n) is 2.07. The van der Waals surface area contributed by atoms with Crippen LogP contribution in [0.2, 0.25) is 0 Å². The lowest BCUT2D eigenvalue weighted by Crippen LogP contribution is -2.58. The molecule has 2 unspecified atom stereocenters. The number of nitrogens with two attached hydrogens (primary N) is 3. The molecule has 0 aromatic carbocycles. The Bertz CT molecular complexity index is 368. The highest BCUT2D eigenvalue weighted by Gasteiger charge is 2.39. The number of imide groups is 1. The number of hydrogen-bond donors (Lipinski definition) is 4. The van der Waals surface area contributed by atoms with Gasteiger partial charge in [-0.1, -0.05) is 0 Å². The summed E-state index contributed by atoms with van der Waals surface area (Å²) in [6.07, 6.45) is 0. The lowest BCUT2D eigenvalue weighted by molar-refractivity contribution is -0.161. The van der Waals surface area contributed by atoms with Crippen LogP contribution in [0.15, 0.2) is 0 Å². The van der Waals surface area contributed by atoms with E-state index >= 15 is 0 Å². The highest BCUT2D eigenvalue weighted by Crippen LogP contribution is 2.05. The molecule has 0 aliphatic carbocycles. The lowest BCUT2D eigenvalue weighted by Gasteiger charge is -2.26. The average molecular weight is 260 g/mol. The molecule has 2 atom stereocenters. The molecule has 9 nitrogen and oxygen atoms in total. The first-order valence-electron chi connectivity index (χ1n) is 5.05. The van der Waals surface area contributed by atoms with Gasteiger partial charge in [0.15, 0.2) is 11.8 Å². The van der Waals surface area contributed by atoms with Gasteiger partial charge in [0.05, 0.1) is 19.1 Å². The molecule has 0 spiro atoms. The van der Waals surface area contributed by atoms with E-state index in [1.54, 1.807) is 0 Å². The molecule has 0 saturated heterocycles. The fourth-order valence-corrected chi connectivity index (χ4v) is 1.22. The zero-order valence-electron chi connectivity index (χ0n) is 9.83. The number of carbonyl (C=O) groups is 4. The molecule has 2 amide bonds. The Morgan fingerprint density at radius 3 is 1.94 bits per heavy atom. The van der Waals surface area contributed by atoms with Gasteiger partial charge in [-0.15, -0.1) is 0 Å². The van der Waals surface area contributed by atoms with Crippen LogP contribution in [0.1, 0.15) is 6.92 Å². The molecule has 0 aliphatic heterocycles. The van der Waals surface area contributed by atoms with Crippen LogP contribution in [0.25, 0.3) is 0 Å². The topological polar surface area (TPSA) is 170 Å². The largest absolute Gasteiger partial charge is 0.479 e. The zero-order valence-corrected chi connectivity index (χ0v) is 9.83. The average Bonchev–Trinajstić information content (AvgIpc) is 2.32. The van der Waals surface area contributed by atoms with Crippen LogP contribution in [0.4, 0.5) is 0 Å². The minimum absolute atomic E-state index is 0.252. The van der Waals surface area contributed by atoms with Crippen molar-refractivity contribution in [3.8, 4) is 0 Å². The maximum Gasteiger partial charge on any atom is 0.334 e. The highest BCUT2D eigenvalue weighted by molar-refractivity contribution is 6.12. The summed E-state index contributed by atoms with van der Waals surface area (Å²) < 4.78 is 0. The van der Waals surface area contributed by atoms with Crippen molar-refractivity contribution < 1.29 is 24.3 Å². The van der Waals surface area contributed by atoms with Gasteiger partial charge in [-0.25, -0.2) is 4.79 Å². The van der Waals surface area contributed by atoms with Crippen molar-refractivity contribution in [1.82, 2.24) is 4.90 Å². The van der Waals surface area contributed by atoms with Gasteiger partial charge in [-0.3, -0.25) is 19.3 Å². The third-order valence-corrected chi connectivity index (χ3v) is 2.07. The van der Waals surface area contributed by atoms with Gasteiger partial charge in [-0.2, -0.15) is 0 Å². The molecular weight excluding hydrogens is 244 g/mol. The second kappa shape index (κ2) is 6.79. The second-order valence-corrected chi connectivity index (χ2v) is 3.51. The molecule has 102 valence electrons. The number of aliphatic carboxylic acids is 1. The van der Waals surface area contributed by atoms with Crippen molar-refractivity contribution in [2.45, 2.75) is 19.0 Å². The number of rotatable bonds is 6. The molecule has 7 N–H and O–H groups in total. The Balaban J connectivity index is 5.51. The monoisotopic (exact) mass is 260 g/mol. The number of carbonyl (C=O) groups excluding carboxylic acids is 3. The first-order valence-corrected chi connectivity index (χ1v) is 5.05. The van der Waals surface area contributed by atoms with E-state index in [2.05, 4.69) is 0 Å². The van der Waals surface area contributed by atoms with Gasteiger partial charge in [0.25, 0.3) is 0 Å². The number of carboxylic acid groups (broad SMARTS) is 1. The SMILES string of the molecule is CC(N)C(=O)N(C(=O)CN)C(C(=O)O)C(=O)CN. The first-order chi connectivity index (χ1) is 8.27. The fourth-order valence-electron chi connectivity index (χ4n) is 1.22. The molecule has 0 radical (unpaired) electrons. The predicted molar refractivity (Wildman–Crippen MR) is 60.0 cm³/mol. The minimum atomic E-state index is -2.00. The standard InChI is InChI=1S/C9H16N4O5/c1-4(12)8(16)13(6(15)3-11)7(9(17)18)5(14)2-10/h4,7H,2-3,10-12H2,1H3,(H,17,18). The predicted octanol–water partition coefficient (Wildman–Crippen LogP) is -3.37. The van der Waals surface area contributed by atoms with E-state index in [1.165, 1.54) is 6.92 Å². The first kappa shape index (κ1) is 16.2. The molecule has 0 fully saturated rings. The summed E-state index contributed by atoms with van der Waals surface area (Å²) in [7, 11) is 0. The number of ketones is 1. The highest BCUT2D eigenvalue weighted by atomic mass is 16.4. The van der Waals surface area contributed by atoms with Gasteiger partial charge >= 0.3 is 5.97 Å². The maximum absolute atomic E-state index is 11.7. The number of nitrogens with zero attached hydrogens (tertiary/aromatic N) is 1. The molecule has 9 heteroatoms. The van der Waals surface area contributed by atoms with Gasteiger partial charge in [0.1, 0.15) is 0 Å². The zero-order chi connectivity index (χ0) is 14.5. The van der Waals surface area contributed by atoms with Crippen LogP contribution < -0.4 is 17.2 Å². The number of amides is 2. The molecule has 18 heavy (non-hydrogen) atoms. The van der Waals surface area contributed by atoms with Crippen LogP contribution >= 0.6 is 0 Å². The summed E-state index contributed by atoms with van der Waals surface area (Å²) in [5, 5.41) is 8.92. The molecule has 0 saturated carbocycles. The van der Waals surface area contributed by atoms with E-state index in [-0.39, 0.29) is 4.90 Å². The van der Waals surface area contributed by atoms with Crippen LogP contribution in [0.5, 0.6) is 0 Å². The summed E-state index contributed by atoms with van der Waals surface area (Å²) in [4.78, 5) is 45.8. The van der Waals surface area contributed by atoms with Crippen molar-refractivity contribution in [2.24, 2.45) is 17.2 Å². The molecule has 0 heterocycles. The Labute approximate surface area is 103 Å². The Morgan fingerprint density at radius 2 is 1.67 bits per heavy atom. The molecule has 0 rings (SSSR count). The van der Waals surface area contributed by atoms with Crippen LogP contribution in [-0.4, -0.2) is 58.7 Å². The van der Waals surface area contributed by atoms with Crippen molar-refractivity contribution in [3.63, 3.8) is 0 Å². The smallest absolute Gasteiger partial charge is 0.334 e. The Morgan fingerprint density at radius 1 is 1.17 bits per heavy atom. The van der Waals surface area contributed by atoms with Gasteiger partial charge < -0.3 is 22.3 Å². The number of carboxylic acids is 1. The van der Waals surface area contributed by atoms with Crippen molar-refractivity contribution in [3.05, 3.63) is 0 Å². The van der Waals surface area contributed by atoms with Gasteiger partial charge in [-0.05, 0) is 6.92 Å². The lowest BCUT2D eigenvalue weighted by atomic mass is 10.1. The van der Waals surface area contributed by atoms with E-state index in [0.717, 1.165) is 0 Å². The van der Waals surface area contributed by atoms with E-state index in [1.807, 2.05) is 0 Å². The Kier molecular flexibility index (Phi) is 6.09. The number of hydrogen-bond acceptors (Lipinski definition) is 7. The molecule has 0 aliphatic rings. The van der Waals surface area contributed by atoms with Crippen LogP contribution in [0.3, 0.4) is 0 Å². The second-order valence-electron chi connectivity index (χ2n) is 3.51. The summed E-state index contributed by atoms with van der Waals surface area (Å²) in [5.41, 5.74) is 15.4. The maximum atomic E-state index is 11.7. The van der Waals surface area contributed by atoms with E-state index in [0.29, 0.717) is 0 Å². The normalized spacial score (nSPS) is 13.6. The van der Waals surface area contributed by atoms with Crippen molar-refractivity contribution in [2.75, 3.05) is 13.1 Å². The van der Waals surface area contributed by atoms with Gasteiger partial charge in [0, 0.05) is 0 Å². The molecule has 0 aromatic heterocycles. The van der Waals surface area contributed by atoms with Gasteiger partial charge in [0.2, 0.25) is 11.8 Å². The van der Waals surface area contributed by atoms with E-state index < -0.39 is 48.7 Å². The quantitative estimate of drug-likeness (QED) is 0.358. The number of Topliss-reactive ketones (excluding diaryl/α,β-unsaturated/α-hetero) is 1. The summed E-state index contributed by atoms with van der Waals surface area (Å²) in [6.45, 7) is 0.00258. The van der Waals surface area contributed by atoms with E-state index in [9.17, 15) is 19.2 Å². The Hall–Kier alpha value is -1.84. The molecule has 0 bridgehead atoms. The fraction of sp³-hybridized carbons (Fsp3) is 0.556. The van der Waals surface area contributed by atoms with Crippen molar-refractivity contribution in [1.29, 1.82) is 0 Å². The third kappa shape index (κ3) is 3.58. The summed E-state index contributed by atoms with van der Waals surface area (Å²) in [6, 6.07) is -3.14. The molecular formula is C9H16N4O5. The minimum Gasteiger partial charge on any atom is -0.479 e. The van der Waals surface area contributed by atoms with Crippen LogP contribution in [-0.2, 0) is 19.2 Å². The van der Waals surface area contributed by atoms with E-state index in [4.69, 9.17) is 22.3 Å². The van der Waals surface area contributed by atoms with Crippen LogP contribution in [0, 0.1) is 0 Å². The summed E-state index contributed by atoms with van der Waals surface area (Å²) >= 11 is 0. The molecule has 0 aromatic rings.